The minimum atomic E-state index is 0.177. The smallest absolute Gasteiger partial charge is 0.0642 e. The van der Waals surface area contributed by atoms with Crippen molar-refractivity contribution in [2.75, 3.05) is 11.4 Å². The Balaban J connectivity index is 2.20. The van der Waals surface area contributed by atoms with Gasteiger partial charge in [0.15, 0.2) is 0 Å². The number of rotatable bonds is 3. The second-order valence-corrected chi connectivity index (χ2v) is 6.56. The maximum Gasteiger partial charge on any atom is 0.0642 e. The molecule has 0 amide bonds. The molecule has 1 aromatic rings. The van der Waals surface area contributed by atoms with E-state index in [1.165, 1.54) is 24.1 Å². The van der Waals surface area contributed by atoms with Crippen molar-refractivity contribution < 1.29 is 0 Å². The highest BCUT2D eigenvalue weighted by molar-refractivity contribution is 6.33. The van der Waals surface area contributed by atoms with Gasteiger partial charge in [-0.15, -0.1) is 0 Å². The van der Waals surface area contributed by atoms with Crippen LogP contribution in [0, 0.1) is 5.92 Å². The molecule has 2 nitrogen and oxygen atoms in total. The Morgan fingerprint density at radius 2 is 2.11 bits per heavy atom. The molecule has 1 aliphatic rings. The van der Waals surface area contributed by atoms with Gasteiger partial charge in [0.2, 0.25) is 0 Å². The molecule has 106 valence electrons. The van der Waals surface area contributed by atoms with E-state index in [4.69, 9.17) is 17.3 Å². The largest absolute Gasteiger partial charge is 0.367 e. The van der Waals surface area contributed by atoms with Gasteiger partial charge in [0.1, 0.15) is 0 Å². The molecular weight excluding hydrogens is 256 g/mol. The lowest BCUT2D eigenvalue weighted by Crippen LogP contribution is -2.41. The van der Waals surface area contributed by atoms with E-state index in [2.05, 4.69) is 36.9 Å². The van der Waals surface area contributed by atoms with Gasteiger partial charge in [-0.05, 0) is 56.7 Å². The van der Waals surface area contributed by atoms with E-state index < -0.39 is 0 Å². The molecule has 3 heteroatoms. The first-order valence-electron chi connectivity index (χ1n) is 7.28. The van der Waals surface area contributed by atoms with E-state index in [1.807, 2.05) is 6.92 Å². The summed E-state index contributed by atoms with van der Waals surface area (Å²) < 4.78 is 0. The van der Waals surface area contributed by atoms with Crippen molar-refractivity contribution in [2.45, 2.75) is 52.1 Å². The fourth-order valence-corrected chi connectivity index (χ4v) is 3.22. The zero-order valence-electron chi connectivity index (χ0n) is 12.2. The van der Waals surface area contributed by atoms with E-state index in [-0.39, 0.29) is 6.04 Å². The lowest BCUT2D eigenvalue weighted by atomic mass is 9.94. The van der Waals surface area contributed by atoms with Gasteiger partial charge >= 0.3 is 0 Å². The number of hydrogen-bond donors (Lipinski definition) is 1. The van der Waals surface area contributed by atoms with Crippen LogP contribution in [-0.2, 0) is 6.42 Å². The predicted octanol–water partition coefficient (Wildman–Crippen LogP) is 3.85. The summed E-state index contributed by atoms with van der Waals surface area (Å²) in [5.41, 5.74) is 8.24. The molecule has 1 fully saturated rings. The summed E-state index contributed by atoms with van der Waals surface area (Å²) in [7, 11) is 0. The SMILES string of the molecule is CC(N)Cc1ccc(N2CC(C)CCC2C)c(Cl)c1. The number of anilines is 1. The van der Waals surface area contributed by atoms with Crippen LogP contribution in [0.2, 0.25) is 5.02 Å². The summed E-state index contributed by atoms with van der Waals surface area (Å²) in [6.45, 7) is 7.74. The van der Waals surface area contributed by atoms with Crippen molar-refractivity contribution in [2.24, 2.45) is 11.7 Å². The third kappa shape index (κ3) is 3.64. The maximum atomic E-state index is 6.48. The molecule has 1 aliphatic heterocycles. The standard InChI is InChI=1S/C16H25ClN2/c1-11-4-5-13(3)19(10-11)16-7-6-14(8-12(2)18)9-15(16)17/h6-7,9,11-13H,4-5,8,10,18H2,1-3H3. The number of nitrogens with zero attached hydrogens (tertiary/aromatic N) is 1. The second kappa shape index (κ2) is 6.15. The molecule has 0 bridgehead atoms. The molecular formula is C16H25ClN2. The summed E-state index contributed by atoms with van der Waals surface area (Å²) in [4.78, 5) is 2.45. The average molecular weight is 281 g/mol. The molecule has 19 heavy (non-hydrogen) atoms. The molecule has 0 spiro atoms. The summed E-state index contributed by atoms with van der Waals surface area (Å²) in [6, 6.07) is 7.15. The summed E-state index contributed by atoms with van der Waals surface area (Å²) >= 11 is 6.48. The fourth-order valence-electron chi connectivity index (χ4n) is 2.91. The van der Waals surface area contributed by atoms with Gasteiger partial charge in [-0.2, -0.15) is 0 Å². The van der Waals surface area contributed by atoms with Gasteiger partial charge in [-0.1, -0.05) is 24.6 Å². The van der Waals surface area contributed by atoms with Crippen molar-refractivity contribution >= 4 is 17.3 Å². The van der Waals surface area contributed by atoms with Crippen LogP contribution in [-0.4, -0.2) is 18.6 Å². The highest BCUT2D eigenvalue weighted by atomic mass is 35.5. The monoisotopic (exact) mass is 280 g/mol. The average Bonchev–Trinajstić information content (AvgIpc) is 2.32. The quantitative estimate of drug-likeness (QED) is 0.911. The van der Waals surface area contributed by atoms with Crippen molar-refractivity contribution in [3.05, 3.63) is 28.8 Å². The van der Waals surface area contributed by atoms with Gasteiger partial charge < -0.3 is 10.6 Å². The molecule has 3 atom stereocenters. The van der Waals surface area contributed by atoms with Crippen LogP contribution in [0.25, 0.3) is 0 Å². The Morgan fingerprint density at radius 1 is 1.37 bits per heavy atom. The molecule has 0 radical (unpaired) electrons. The summed E-state index contributed by atoms with van der Waals surface area (Å²) in [5, 5.41) is 0.860. The van der Waals surface area contributed by atoms with Crippen LogP contribution >= 0.6 is 11.6 Å². The van der Waals surface area contributed by atoms with Gasteiger partial charge in [0, 0.05) is 18.6 Å². The molecule has 3 unspecified atom stereocenters. The van der Waals surface area contributed by atoms with E-state index >= 15 is 0 Å². The number of hydrogen-bond acceptors (Lipinski definition) is 2. The van der Waals surface area contributed by atoms with Crippen LogP contribution in [0.3, 0.4) is 0 Å². The first-order chi connectivity index (χ1) is 8.97. The zero-order chi connectivity index (χ0) is 14.0. The lowest BCUT2D eigenvalue weighted by Gasteiger charge is -2.39. The number of benzene rings is 1. The molecule has 1 heterocycles. The van der Waals surface area contributed by atoms with Crippen LogP contribution in [0.4, 0.5) is 5.69 Å². The molecule has 0 aromatic heterocycles. The zero-order valence-corrected chi connectivity index (χ0v) is 13.0. The normalized spacial score (nSPS) is 25.4. The van der Waals surface area contributed by atoms with Gasteiger partial charge in [-0.25, -0.2) is 0 Å². The van der Waals surface area contributed by atoms with Crippen molar-refractivity contribution in [1.29, 1.82) is 0 Å². The Bertz CT molecular complexity index is 431. The third-order valence-corrected chi connectivity index (χ3v) is 4.30. The van der Waals surface area contributed by atoms with E-state index in [1.54, 1.807) is 0 Å². The highest BCUT2D eigenvalue weighted by Gasteiger charge is 2.24. The minimum Gasteiger partial charge on any atom is -0.367 e. The molecule has 1 saturated heterocycles. The van der Waals surface area contributed by atoms with E-state index in [0.29, 0.717) is 6.04 Å². The number of piperidine rings is 1. The van der Waals surface area contributed by atoms with Crippen molar-refractivity contribution in [1.82, 2.24) is 0 Å². The van der Waals surface area contributed by atoms with Crippen LogP contribution in [0.15, 0.2) is 18.2 Å². The van der Waals surface area contributed by atoms with Crippen LogP contribution < -0.4 is 10.6 Å². The van der Waals surface area contributed by atoms with Crippen LogP contribution in [0.5, 0.6) is 0 Å². The summed E-state index contributed by atoms with van der Waals surface area (Å²) in [5.74, 6) is 0.746. The highest BCUT2D eigenvalue weighted by Crippen LogP contribution is 2.33. The van der Waals surface area contributed by atoms with Crippen LogP contribution in [0.1, 0.15) is 39.2 Å². The lowest BCUT2D eigenvalue weighted by molar-refractivity contribution is 0.390. The minimum absolute atomic E-state index is 0.177. The first-order valence-corrected chi connectivity index (χ1v) is 7.65. The second-order valence-electron chi connectivity index (χ2n) is 6.15. The van der Waals surface area contributed by atoms with E-state index in [9.17, 15) is 0 Å². The van der Waals surface area contributed by atoms with Gasteiger partial charge in [0.05, 0.1) is 10.7 Å². The molecule has 0 aliphatic carbocycles. The Hall–Kier alpha value is -0.730. The Labute approximate surface area is 121 Å². The Kier molecular flexibility index (Phi) is 4.75. The maximum absolute atomic E-state index is 6.48. The predicted molar refractivity (Wildman–Crippen MR) is 84.0 cm³/mol. The molecule has 0 saturated carbocycles. The van der Waals surface area contributed by atoms with Crippen molar-refractivity contribution in [3.63, 3.8) is 0 Å². The number of nitrogens with two attached hydrogens (primary N) is 1. The fraction of sp³-hybridized carbons (Fsp3) is 0.625. The van der Waals surface area contributed by atoms with Gasteiger partial charge in [-0.3, -0.25) is 0 Å². The number of halogens is 1. The first kappa shape index (κ1) is 14.7. The molecule has 2 rings (SSSR count). The van der Waals surface area contributed by atoms with Gasteiger partial charge in [0.25, 0.3) is 0 Å². The van der Waals surface area contributed by atoms with E-state index in [0.717, 1.165) is 23.9 Å². The topological polar surface area (TPSA) is 29.3 Å². The van der Waals surface area contributed by atoms with Crippen molar-refractivity contribution in [3.8, 4) is 0 Å². The molecule has 2 N–H and O–H groups in total. The molecule has 1 aromatic carbocycles. The third-order valence-electron chi connectivity index (χ3n) is 4.00. The summed E-state index contributed by atoms with van der Waals surface area (Å²) in [6.07, 6.45) is 3.45. The Morgan fingerprint density at radius 3 is 2.74 bits per heavy atom.